The minimum atomic E-state index is -0.341. The van der Waals surface area contributed by atoms with Crippen molar-refractivity contribution in [1.29, 1.82) is 0 Å². The van der Waals surface area contributed by atoms with Gasteiger partial charge in [0.05, 0.1) is 19.6 Å². The summed E-state index contributed by atoms with van der Waals surface area (Å²) in [4.78, 5) is 28.3. The van der Waals surface area contributed by atoms with Crippen molar-refractivity contribution in [1.82, 2.24) is 14.7 Å². The largest absolute Gasteiger partial charge is 0.497 e. The van der Waals surface area contributed by atoms with E-state index in [0.717, 1.165) is 5.56 Å². The molecule has 0 atom stereocenters. The summed E-state index contributed by atoms with van der Waals surface area (Å²) in [5.74, 6) is 0.704. The van der Waals surface area contributed by atoms with Gasteiger partial charge >= 0.3 is 0 Å². The first-order valence-corrected chi connectivity index (χ1v) is 10.1. The van der Waals surface area contributed by atoms with E-state index in [1.54, 1.807) is 61.5 Å². The first-order chi connectivity index (χ1) is 15.5. The number of nitrogens with zero attached hydrogens (tertiary/aromatic N) is 3. The van der Waals surface area contributed by atoms with Crippen LogP contribution < -0.4 is 15.0 Å². The third kappa shape index (κ3) is 3.92. The molecule has 1 amide bonds. The van der Waals surface area contributed by atoms with E-state index < -0.39 is 0 Å². The Balaban J connectivity index is 1.86. The number of rotatable bonds is 6. The van der Waals surface area contributed by atoms with E-state index in [1.165, 1.54) is 11.8 Å². The first-order valence-electron chi connectivity index (χ1n) is 10.1. The molecule has 1 aromatic heterocycles. The third-order valence-electron chi connectivity index (χ3n) is 5.23. The molecule has 1 heterocycles. The quantitative estimate of drug-likeness (QED) is 0.468. The van der Waals surface area contributed by atoms with Crippen LogP contribution in [0.5, 0.6) is 11.5 Å². The first kappa shape index (κ1) is 21.1. The predicted octanol–water partition coefficient (Wildman–Crippen LogP) is 3.68. The zero-order valence-electron chi connectivity index (χ0n) is 18.1. The lowest BCUT2D eigenvalue weighted by Gasteiger charge is -2.19. The van der Waals surface area contributed by atoms with Crippen LogP contribution in [0.3, 0.4) is 0 Å². The van der Waals surface area contributed by atoms with E-state index in [9.17, 15) is 9.59 Å². The number of ether oxygens (including phenoxy) is 2. The van der Waals surface area contributed by atoms with Crippen LogP contribution in [0.1, 0.15) is 16.1 Å². The summed E-state index contributed by atoms with van der Waals surface area (Å²) in [5.41, 5.74) is 1.27. The van der Waals surface area contributed by atoms with Crippen molar-refractivity contribution in [2.45, 2.75) is 6.54 Å². The maximum Gasteiger partial charge on any atom is 0.279 e. The number of benzene rings is 3. The number of carbonyl (C=O) groups excluding carboxylic acids is 1. The van der Waals surface area contributed by atoms with Gasteiger partial charge in [-0.3, -0.25) is 9.59 Å². The highest BCUT2D eigenvalue weighted by Crippen LogP contribution is 2.27. The fraction of sp³-hybridized carbons (Fsp3) is 0.160. The molecule has 0 bridgehead atoms. The topological polar surface area (TPSA) is 73.7 Å². The Morgan fingerprint density at radius 3 is 2.31 bits per heavy atom. The number of fused-ring (bicyclic) bond motifs is 1. The average molecular weight is 429 g/mol. The summed E-state index contributed by atoms with van der Waals surface area (Å²) < 4.78 is 11.9. The molecule has 0 N–H and O–H groups in total. The second-order valence-electron chi connectivity index (χ2n) is 7.30. The second-order valence-corrected chi connectivity index (χ2v) is 7.30. The molecule has 7 heteroatoms. The number of carbonyl (C=O) groups is 1. The summed E-state index contributed by atoms with van der Waals surface area (Å²) in [6.07, 6.45) is 0. The Bertz CT molecular complexity index is 1330. The monoisotopic (exact) mass is 429 g/mol. The van der Waals surface area contributed by atoms with Crippen LogP contribution in [0.25, 0.3) is 16.5 Å². The van der Waals surface area contributed by atoms with Crippen molar-refractivity contribution in [3.63, 3.8) is 0 Å². The molecule has 162 valence electrons. The summed E-state index contributed by atoms with van der Waals surface area (Å²) in [6.45, 7) is 0.417. The molecule has 0 aliphatic rings. The van der Waals surface area contributed by atoms with Crippen LogP contribution in [-0.4, -0.2) is 41.9 Å². The van der Waals surface area contributed by atoms with Crippen LogP contribution in [-0.2, 0) is 6.54 Å². The lowest BCUT2D eigenvalue weighted by atomic mass is 10.1. The van der Waals surface area contributed by atoms with Crippen LogP contribution in [0.15, 0.2) is 77.6 Å². The minimum absolute atomic E-state index is 0.191. The average Bonchev–Trinajstić information content (AvgIpc) is 2.84. The minimum Gasteiger partial charge on any atom is -0.497 e. The van der Waals surface area contributed by atoms with Crippen LogP contribution in [0.4, 0.5) is 0 Å². The third-order valence-corrected chi connectivity index (χ3v) is 5.23. The molecular formula is C25H23N3O4. The number of hydrogen-bond acceptors (Lipinski definition) is 5. The standard InChI is InChI=1S/C25H23N3O4/c1-27(16-17-9-5-4-6-10-17)25(30)23-19-11-7-8-12-20(19)24(29)28(26-23)21-14-13-18(31-2)15-22(21)32-3/h4-15H,16H2,1-3H3. The van der Waals surface area contributed by atoms with E-state index in [1.807, 2.05) is 30.3 Å². The normalized spacial score (nSPS) is 10.7. The SMILES string of the molecule is COc1ccc(-n2nc(C(=O)N(C)Cc3ccccc3)c3ccccc3c2=O)c(OC)c1. The Morgan fingerprint density at radius 1 is 0.938 bits per heavy atom. The molecule has 4 aromatic rings. The summed E-state index contributed by atoms with van der Waals surface area (Å²) in [5, 5.41) is 5.40. The second kappa shape index (κ2) is 8.93. The van der Waals surface area contributed by atoms with Crippen molar-refractivity contribution in [3.05, 3.63) is 94.4 Å². The predicted molar refractivity (Wildman–Crippen MR) is 123 cm³/mol. The molecule has 7 nitrogen and oxygen atoms in total. The molecule has 0 fully saturated rings. The number of methoxy groups -OCH3 is 2. The summed E-state index contributed by atoms with van der Waals surface area (Å²) in [7, 11) is 4.77. The smallest absolute Gasteiger partial charge is 0.279 e. The number of hydrogen-bond donors (Lipinski definition) is 0. The molecule has 0 radical (unpaired) electrons. The number of aromatic nitrogens is 2. The van der Waals surface area contributed by atoms with Crippen LogP contribution in [0, 0.1) is 0 Å². The Morgan fingerprint density at radius 2 is 1.62 bits per heavy atom. The van der Waals surface area contributed by atoms with Crippen molar-refractivity contribution >= 4 is 16.7 Å². The summed E-state index contributed by atoms with van der Waals surface area (Å²) >= 11 is 0. The van der Waals surface area contributed by atoms with Gasteiger partial charge in [-0.15, -0.1) is 0 Å². The van der Waals surface area contributed by atoms with Crippen LogP contribution >= 0.6 is 0 Å². The highest BCUT2D eigenvalue weighted by Gasteiger charge is 2.22. The van der Waals surface area contributed by atoms with E-state index >= 15 is 0 Å². The maximum absolute atomic E-state index is 13.4. The molecule has 0 unspecified atom stereocenters. The molecule has 0 saturated heterocycles. The highest BCUT2D eigenvalue weighted by molar-refractivity contribution is 6.04. The van der Waals surface area contributed by atoms with Gasteiger partial charge in [0, 0.05) is 25.0 Å². The molecule has 4 rings (SSSR count). The van der Waals surface area contributed by atoms with Gasteiger partial charge in [-0.25, -0.2) is 0 Å². The summed E-state index contributed by atoms with van der Waals surface area (Å²) in [6, 6.07) is 21.7. The van der Waals surface area contributed by atoms with Crippen molar-refractivity contribution < 1.29 is 14.3 Å². The van der Waals surface area contributed by atoms with Crippen LogP contribution in [0.2, 0.25) is 0 Å². The Labute approximate surface area is 185 Å². The van der Waals surface area contributed by atoms with Gasteiger partial charge in [-0.2, -0.15) is 9.78 Å². The van der Waals surface area contributed by atoms with Crippen molar-refractivity contribution in [3.8, 4) is 17.2 Å². The van der Waals surface area contributed by atoms with Crippen molar-refractivity contribution in [2.75, 3.05) is 21.3 Å². The lowest BCUT2D eigenvalue weighted by molar-refractivity contribution is 0.0779. The van der Waals surface area contributed by atoms with Gasteiger partial charge in [0.1, 0.15) is 17.2 Å². The van der Waals surface area contributed by atoms with Gasteiger partial charge < -0.3 is 14.4 Å². The van der Waals surface area contributed by atoms with Gasteiger partial charge in [0.15, 0.2) is 5.69 Å². The van der Waals surface area contributed by atoms with E-state index in [2.05, 4.69) is 5.10 Å². The maximum atomic E-state index is 13.4. The highest BCUT2D eigenvalue weighted by atomic mass is 16.5. The molecule has 0 aliphatic heterocycles. The van der Waals surface area contributed by atoms with E-state index in [0.29, 0.717) is 34.5 Å². The van der Waals surface area contributed by atoms with E-state index in [4.69, 9.17) is 9.47 Å². The lowest BCUT2D eigenvalue weighted by Crippen LogP contribution is -2.31. The fourth-order valence-electron chi connectivity index (χ4n) is 3.58. The zero-order valence-corrected chi connectivity index (χ0v) is 18.1. The molecule has 3 aromatic carbocycles. The molecule has 0 aliphatic carbocycles. The fourth-order valence-corrected chi connectivity index (χ4v) is 3.58. The molecule has 0 saturated carbocycles. The zero-order chi connectivity index (χ0) is 22.7. The van der Waals surface area contributed by atoms with E-state index in [-0.39, 0.29) is 17.2 Å². The molecular weight excluding hydrogens is 406 g/mol. The Hall–Kier alpha value is -4.13. The van der Waals surface area contributed by atoms with Gasteiger partial charge in [-0.05, 0) is 23.8 Å². The Kier molecular flexibility index (Phi) is 5.89. The van der Waals surface area contributed by atoms with Gasteiger partial charge in [-0.1, -0.05) is 48.5 Å². The van der Waals surface area contributed by atoms with Crippen molar-refractivity contribution in [2.24, 2.45) is 0 Å². The number of amides is 1. The molecule has 0 spiro atoms. The molecule has 32 heavy (non-hydrogen) atoms. The van der Waals surface area contributed by atoms with Gasteiger partial charge in [0.25, 0.3) is 11.5 Å². The van der Waals surface area contributed by atoms with Gasteiger partial charge in [0.2, 0.25) is 0 Å².